The molecule has 1 N–H and O–H groups in total. The van der Waals surface area contributed by atoms with Gasteiger partial charge in [0.05, 0.1) is 10.6 Å². The minimum absolute atomic E-state index is 0.311. The molecule has 0 radical (unpaired) electrons. The van der Waals surface area contributed by atoms with Crippen molar-refractivity contribution < 1.29 is 23.8 Å². The summed E-state index contributed by atoms with van der Waals surface area (Å²) in [7, 11) is 0. The van der Waals surface area contributed by atoms with E-state index in [0.29, 0.717) is 32.6 Å². The van der Waals surface area contributed by atoms with Crippen LogP contribution in [0.25, 0.3) is 6.08 Å². The van der Waals surface area contributed by atoms with Gasteiger partial charge in [0.15, 0.2) is 10.4 Å². The maximum atomic E-state index is 13.5. The lowest BCUT2D eigenvalue weighted by Gasteiger charge is -2.14. The van der Waals surface area contributed by atoms with Crippen LogP contribution >= 0.6 is 24.0 Å². The van der Waals surface area contributed by atoms with Gasteiger partial charge in [0.2, 0.25) is 0 Å². The monoisotopic (exact) mass is 417 g/mol. The Morgan fingerprint density at radius 2 is 2.07 bits per heavy atom. The number of carbonyl (C=O) groups excluding carboxylic acids is 1. The smallest absolute Gasteiger partial charge is 0.344 e. The number of amides is 1. The van der Waals surface area contributed by atoms with Crippen LogP contribution in [0.5, 0.6) is 5.75 Å². The topological polar surface area (TPSA) is 66.8 Å². The van der Waals surface area contributed by atoms with Gasteiger partial charge in [0, 0.05) is 0 Å². The SMILES string of the molecule is CCC(Oc1cccc(/C=C2/SC(=S)N(c3cccc(F)c3)C2=O)c1)C(=O)O. The molecule has 1 atom stereocenters. The van der Waals surface area contributed by atoms with Crippen LogP contribution in [0.3, 0.4) is 0 Å². The molecule has 0 aromatic heterocycles. The van der Waals surface area contributed by atoms with Crippen molar-refractivity contribution in [1.82, 2.24) is 0 Å². The van der Waals surface area contributed by atoms with E-state index >= 15 is 0 Å². The molecule has 1 saturated heterocycles. The number of anilines is 1. The van der Waals surface area contributed by atoms with Crippen LogP contribution in [0.2, 0.25) is 0 Å². The molecule has 1 fully saturated rings. The van der Waals surface area contributed by atoms with Gasteiger partial charge in [0.1, 0.15) is 11.6 Å². The summed E-state index contributed by atoms with van der Waals surface area (Å²) >= 11 is 6.40. The maximum absolute atomic E-state index is 13.5. The Morgan fingerprint density at radius 3 is 2.75 bits per heavy atom. The van der Waals surface area contributed by atoms with E-state index in [9.17, 15) is 14.0 Å². The Bertz CT molecular complexity index is 976. The molecule has 0 saturated carbocycles. The van der Waals surface area contributed by atoms with Crippen molar-refractivity contribution in [2.45, 2.75) is 19.4 Å². The summed E-state index contributed by atoms with van der Waals surface area (Å²) < 4.78 is 19.3. The molecule has 2 aromatic carbocycles. The number of nitrogens with zero attached hydrogens (tertiary/aromatic N) is 1. The quantitative estimate of drug-likeness (QED) is 0.552. The van der Waals surface area contributed by atoms with Gasteiger partial charge in [-0.25, -0.2) is 9.18 Å². The highest BCUT2D eigenvalue weighted by atomic mass is 32.2. The van der Waals surface area contributed by atoms with E-state index in [4.69, 9.17) is 22.1 Å². The van der Waals surface area contributed by atoms with Gasteiger partial charge in [-0.2, -0.15) is 0 Å². The molecule has 8 heteroatoms. The molecule has 3 rings (SSSR count). The van der Waals surface area contributed by atoms with Crippen molar-refractivity contribution in [1.29, 1.82) is 0 Å². The fraction of sp³-hybridized carbons (Fsp3) is 0.150. The molecule has 144 valence electrons. The van der Waals surface area contributed by atoms with Crippen molar-refractivity contribution in [3.63, 3.8) is 0 Å². The van der Waals surface area contributed by atoms with E-state index in [1.807, 2.05) is 0 Å². The highest BCUT2D eigenvalue weighted by Gasteiger charge is 2.33. The zero-order chi connectivity index (χ0) is 20.3. The number of carboxylic acids is 1. The van der Waals surface area contributed by atoms with Crippen molar-refractivity contribution in [3.05, 3.63) is 64.8 Å². The van der Waals surface area contributed by atoms with Gasteiger partial charge in [-0.3, -0.25) is 9.69 Å². The van der Waals surface area contributed by atoms with E-state index in [-0.39, 0.29) is 5.91 Å². The lowest BCUT2D eigenvalue weighted by Crippen LogP contribution is -2.27. The second-order valence-corrected chi connectivity index (χ2v) is 7.60. The van der Waals surface area contributed by atoms with Crippen LogP contribution in [0, 0.1) is 5.82 Å². The first-order valence-corrected chi connectivity index (χ1v) is 9.64. The molecule has 0 bridgehead atoms. The number of hydrogen-bond donors (Lipinski definition) is 1. The predicted molar refractivity (Wildman–Crippen MR) is 111 cm³/mol. The Hall–Kier alpha value is -2.71. The van der Waals surface area contributed by atoms with Gasteiger partial charge >= 0.3 is 5.97 Å². The summed E-state index contributed by atoms with van der Waals surface area (Å²) in [4.78, 5) is 25.6. The number of aliphatic carboxylic acids is 1. The van der Waals surface area contributed by atoms with Gasteiger partial charge in [-0.15, -0.1) is 0 Å². The first-order chi connectivity index (χ1) is 13.4. The molecule has 28 heavy (non-hydrogen) atoms. The van der Waals surface area contributed by atoms with Crippen molar-refractivity contribution in [3.8, 4) is 5.75 Å². The zero-order valence-corrected chi connectivity index (χ0v) is 16.4. The number of rotatable bonds is 6. The molecular weight excluding hydrogens is 401 g/mol. The Balaban J connectivity index is 1.84. The largest absolute Gasteiger partial charge is 0.479 e. The minimum Gasteiger partial charge on any atom is -0.479 e. The summed E-state index contributed by atoms with van der Waals surface area (Å²) in [5.41, 5.74) is 1.03. The molecule has 1 aliphatic heterocycles. The Morgan fingerprint density at radius 1 is 1.32 bits per heavy atom. The second-order valence-electron chi connectivity index (χ2n) is 5.92. The summed E-state index contributed by atoms with van der Waals surface area (Å²) in [5.74, 6) is -1.44. The molecule has 0 aliphatic carbocycles. The first kappa shape index (κ1) is 20.0. The minimum atomic E-state index is -1.04. The van der Waals surface area contributed by atoms with E-state index in [1.54, 1.807) is 43.3 Å². The third-order valence-electron chi connectivity index (χ3n) is 3.94. The number of hydrogen-bond acceptors (Lipinski definition) is 5. The van der Waals surface area contributed by atoms with Gasteiger partial charge < -0.3 is 9.84 Å². The molecule has 0 spiro atoms. The maximum Gasteiger partial charge on any atom is 0.344 e. The fourth-order valence-corrected chi connectivity index (χ4v) is 3.91. The normalized spacial score (nSPS) is 16.5. The van der Waals surface area contributed by atoms with E-state index in [2.05, 4.69) is 0 Å². The summed E-state index contributed by atoms with van der Waals surface area (Å²) in [6, 6.07) is 12.5. The number of thiocarbonyl (C=S) groups is 1. The third-order valence-corrected chi connectivity index (χ3v) is 5.24. The second kappa shape index (κ2) is 8.53. The van der Waals surface area contributed by atoms with Crippen molar-refractivity contribution >= 4 is 51.9 Å². The highest BCUT2D eigenvalue weighted by molar-refractivity contribution is 8.27. The number of carbonyl (C=O) groups is 2. The Labute approximate surface area is 170 Å². The van der Waals surface area contributed by atoms with Gasteiger partial charge in [-0.1, -0.05) is 49.1 Å². The number of thioether (sulfide) groups is 1. The van der Waals surface area contributed by atoms with Crippen molar-refractivity contribution in [2.75, 3.05) is 4.90 Å². The predicted octanol–water partition coefficient (Wildman–Crippen LogP) is 4.47. The standard InChI is InChI=1S/C20H16FNO4S2/c1-2-16(19(24)25)26-15-8-3-5-12(9-15)10-17-18(23)22(20(27)28-17)14-7-4-6-13(21)11-14/h3-11,16H,2H2,1H3,(H,24,25)/b17-10+. The fourth-order valence-electron chi connectivity index (χ4n) is 2.61. The van der Waals surface area contributed by atoms with Crippen molar-refractivity contribution in [2.24, 2.45) is 0 Å². The van der Waals surface area contributed by atoms with Crippen LogP contribution in [0.1, 0.15) is 18.9 Å². The van der Waals surface area contributed by atoms with Gasteiger partial charge in [-0.05, 0) is 48.4 Å². The number of benzene rings is 2. The van der Waals surface area contributed by atoms with Crippen LogP contribution in [0.4, 0.5) is 10.1 Å². The lowest BCUT2D eigenvalue weighted by molar-refractivity contribution is -0.145. The number of carboxylic acid groups (broad SMARTS) is 1. The Kier molecular flexibility index (Phi) is 6.11. The van der Waals surface area contributed by atoms with Crippen LogP contribution < -0.4 is 9.64 Å². The average Bonchev–Trinajstić information content (AvgIpc) is 2.93. The zero-order valence-electron chi connectivity index (χ0n) is 14.8. The van der Waals surface area contributed by atoms with Crippen LogP contribution in [-0.2, 0) is 9.59 Å². The molecule has 1 amide bonds. The summed E-state index contributed by atoms with van der Waals surface area (Å²) in [6.07, 6.45) is 1.03. The summed E-state index contributed by atoms with van der Waals surface area (Å²) in [5, 5.41) is 9.12. The van der Waals surface area contributed by atoms with E-state index in [1.165, 1.54) is 23.1 Å². The van der Waals surface area contributed by atoms with E-state index in [0.717, 1.165) is 11.8 Å². The average molecular weight is 417 g/mol. The molecule has 1 aliphatic rings. The molecule has 1 unspecified atom stereocenters. The number of halogens is 1. The van der Waals surface area contributed by atoms with Crippen LogP contribution in [0.15, 0.2) is 53.4 Å². The number of ether oxygens (including phenoxy) is 1. The van der Waals surface area contributed by atoms with Gasteiger partial charge in [0.25, 0.3) is 5.91 Å². The van der Waals surface area contributed by atoms with Crippen LogP contribution in [-0.4, -0.2) is 27.4 Å². The lowest BCUT2D eigenvalue weighted by atomic mass is 10.2. The molecule has 5 nitrogen and oxygen atoms in total. The first-order valence-electron chi connectivity index (χ1n) is 8.42. The molecular formula is C20H16FNO4S2. The summed E-state index contributed by atoms with van der Waals surface area (Å²) in [6.45, 7) is 1.72. The third kappa shape index (κ3) is 4.40. The molecule has 1 heterocycles. The van der Waals surface area contributed by atoms with E-state index < -0.39 is 17.9 Å². The molecule has 2 aromatic rings. The highest BCUT2D eigenvalue weighted by Crippen LogP contribution is 2.36.